The first-order valence-electron chi connectivity index (χ1n) is 8.36. The Kier molecular flexibility index (Phi) is 4.90. The highest BCUT2D eigenvalue weighted by atomic mass is 16.5. The Balaban J connectivity index is 1.64. The van der Waals surface area contributed by atoms with Gasteiger partial charge in [-0.3, -0.25) is 9.59 Å². The van der Waals surface area contributed by atoms with Gasteiger partial charge in [-0.05, 0) is 61.4 Å². The molecule has 6 heteroatoms. The summed E-state index contributed by atoms with van der Waals surface area (Å²) in [5.74, 6) is 0.276. The smallest absolute Gasteiger partial charge is 0.265 e. The summed E-state index contributed by atoms with van der Waals surface area (Å²) in [6, 6.07) is 14.2. The predicted octanol–water partition coefficient (Wildman–Crippen LogP) is 2.87. The highest BCUT2D eigenvalue weighted by Crippen LogP contribution is 2.30. The number of benzene rings is 2. The van der Waals surface area contributed by atoms with E-state index >= 15 is 0 Å². The van der Waals surface area contributed by atoms with Crippen molar-refractivity contribution in [3.8, 4) is 11.8 Å². The van der Waals surface area contributed by atoms with E-state index in [1.54, 1.807) is 49.1 Å². The van der Waals surface area contributed by atoms with Gasteiger partial charge in [0.1, 0.15) is 5.75 Å². The van der Waals surface area contributed by atoms with Gasteiger partial charge in [0.25, 0.3) is 5.91 Å². The van der Waals surface area contributed by atoms with Gasteiger partial charge in [-0.1, -0.05) is 0 Å². The lowest BCUT2D eigenvalue weighted by molar-refractivity contribution is -0.122. The van der Waals surface area contributed by atoms with E-state index in [1.807, 2.05) is 18.2 Å². The van der Waals surface area contributed by atoms with E-state index in [4.69, 9.17) is 10.00 Å². The molecular formula is C20H19N3O3. The Morgan fingerprint density at radius 1 is 1.23 bits per heavy atom. The van der Waals surface area contributed by atoms with Gasteiger partial charge < -0.3 is 15.0 Å². The quantitative estimate of drug-likeness (QED) is 0.920. The third kappa shape index (κ3) is 3.67. The first-order valence-corrected chi connectivity index (χ1v) is 8.36. The molecule has 6 nitrogen and oxygen atoms in total. The molecule has 1 heterocycles. The summed E-state index contributed by atoms with van der Waals surface area (Å²) in [5, 5.41) is 11.6. The molecule has 3 rings (SSSR count). The van der Waals surface area contributed by atoms with Gasteiger partial charge in [0.15, 0.2) is 6.10 Å². The number of rotatable bonds is 4. The molecule has 1 aliphatic heterocycles. The summed E-state index contributed by atoms with van der Waals surface area (Å²) in [7, 11) is 0. The zero-order valence-electron chi connectivity index (χ0n) is 14.7. The van der Waals surface area contributed by atoms with Crippen LogP contribution < -0.4 is 15.0 Å². The molecule has 0 aromatic heterocycles. The minimum Gasteiger partial charge on any atom is -0.481 e. The maximum Gasteiger partial charge on any atom is 0.265 e. The van der Waals surface area contributed by atoms with Crippen LogP contribution in [-0.2, 0) is 16.0 Å². The lowest BCUT2D eigenvalue weighted by Gasteiger charge is -2.17. The SMILES string of the molecule is CC(=O)N1CCc2cc(NC(=O)[C@H](C)Oc3ccc(C#N)cc3)ccc21. The highest BCUT2D eigenvalue weighted by Gasteiger charge is 2.23. The Morgan fingerprint density at radius 2 is 1.96 bits per heavy atom. The van der Waals surface area contributed by atoms with Crippen LogP contribution in [0.2, 0.25) is 0 Å². The van der Waals surface area contributed by atoms with E-state index in [0.717, 1.165) is 17.7 Å². The van der Waals surface area contributed by atoms with Crippen molar-refractivity contribution in [2.75, 3.05) is 16.8 Å². The van der Waals surface area contributed by atoms with Gasteiger partial charge in [-0.2, -0.15) is 5.26 Å². The minimum absolute atomic E-state index is 0.0185. The van der Waals surface area contributed by atoms with Crippen molar-refractivity contribution >= 4 is 23.2 Å². The number of nitrogens with one attached hydrogen (secondary N) is 1. The van der Waals surface area contributed by atoms with Crippen LogP contribution >= 0.6 is 0 Å². The number of carbonyl (C=O) groups is 2. The number of nitrogens with zero attached hydrogens (tertiary/aromatic N) is 2. The molecule has 0 saturated heterocycles. The molecule has 0 spiro atoms. The number of fused-ring (bicyclic) bond motifs is 1. The van der Waals surface area contributed by atoms with Gasteiger partial charge in [0, 0.05) is 24.8 Å². The second-order valence-electron chi connectivity index (χ2n) is 6.15. The molecule has 132 valence electrons. The van der Waals surface area contributed by atoms with E-state index in [2.05, 4.69) is 5.32 Å². The van der Waals surface area contributed by atoms with Gasteiger partial charge >= 0.3 is 0 Å². The second-order valence-corrected chi connectivity index (χ2v) is 6.15. The third-order valence-electron chi connectivity index (χ3n) is 4.29. The van der Waals surface area contributed by atoms with Crippen molar-refractivity contribution in [3.63, 3.8) is 0 Å². The second kappa shape index (κ2) is 7.28. The summed E-state index contributed by atoms with van der Waals surface area (Å²) < 4.78 is 5.61. The van der Waals surface area contributed by atoms with E-state index in [-0.39, 0.29) is 11.8 Å². The van der Waals surface area contributed by atoms with E-state index in [0.29, 0.717) is 23.5 Å². The lowest BCUT2D eigenvalue weighted by atomic mass is 10.1. The monoisotopic (exact) mass is 349 g/mol. The minimum atomic E-state index is -0.690. The van der Waals surface area contributed by atoms with E-state index in [9.17, 15) is 9.59 Å². The topological polar surface area (TPSA) is 82.4 Å². The maximum absolute atomic E-state index is 12.4. The molecule has 0 aliphatic carbocycles. The molecule has 2 aromatic carbocycles. The summed E-state index contributed by atoms with van der Waals surface area (Å²) in [6.45, 7) is 3.88. The van der Waals surface area contributed by atoms with Crippen LogP contribution in [0.3, 0.4) is 0 Å². The van der Waals surface area contributed by atoms with E-state index in [1.165, 1.54) is 0 Å². The van der Waals surface area contributed by atoms with Gasteiger partial charge in [-0.15, -0.1) is 0 Å². The highest BCUT2D eigenvalue weighted by molar-refractivity contribution is 5.96. The van der Waals surface area contributed by atoms with Crippen molar-refractivity contribution in [1.29, 1.82) is 5.26 Å². The number of nitriles is 1. The molecule has 0 saturated carbocycles. The average Bonchev–Trinajstić information content (AvgIpc) is 3.05. The van der Waals surface area contributed by atoms with Crippen molar-refractivity contribution in [3.05, 3.63) is 53.6 Å². The van der Waals surface area contributed by atoms with Crippen LogP contribution in [0.5, 0.6) is 5.75 Å². The van der Waals surface area contributed by atoms with Crippen LogP contribution in [0.25, 0.3) is 0 Å². The zero-order chi connectivity index (χ0) is 18.7. The summed E-state index contributed by atoms with van der Waals surface area (Å²) in [6.07, 6.45) is 0.0838. The summed E-state index contributed by atoms with van der Waals surface area (Å²) in [4.78, 5) is 25.7. The molecule has 0 fully saturated rings. The van der Waals surface area contributed by atoms with Crippen molar-refractivity contribution in [2.45, 2.75) is 26.4 Å². The number of ether oxygens (including phenoxy) is 1. The van der Waals surface area contributed by atoms with Crippen molar-refractivity contribution < 1.29 is 14.3 Å². The molecule has 2 amide bonds. The van der Waals surface area contributed by atoms with Crippen LogP contribution in [0.4, 0.5) is 11.4 Å². The van der Waals surface area contributed by atoms with Gasteiger partial charge in [0.05, 0.1) is 11.6 Å². The zero-order valence-corrected chi connectivity index (χ0v) is 14.7. The third-order valence-corrected chi connectivity index (χ3v) is 4.29. The first kappa shape index (κ1) is 17.5. The fraction of sp³-hybridized carbons (Fsp3) is 0.250. The number of amides is 2. The molecule has 0 radical (unpaired) electrons. The van der Waals surface area contributed by atoms with Crippen molar-refractivity contribution in [1.82, 2.24) is 0 Å². The molecule has 26 heavy (non-hydrogen) atoms. The summed E-state index contributed by atoms with van der Waals surface area (Å²) in [5.41, 5.74) is 3.15. The largest absolute Gasteiger partial charge is 0.481 e. The number of carbonyl (C=O) groups excluding carboxylic acids is 2. The Labute approximate surface area is 152 Å². The number of hydrogen-bond acceptors (Lipinski definition) is 4. The van der Waals surface area contributed by atoms with Crippen LogP contribution in [-0.4, -0.2) is 24.5 Å². The standard InChI is InChI=1S/C20H19N3O3/c1-13(26-18-6-3-15(12-21)4-7-18)20(25)22-17-5-8-19-16(11-17)9-10-23(19)14(2)24/h3-8,11,13H,9-10H2,1-2H3,(H,22,25)/t13-/m0/s1. The number of anilines is 2. The molecule has 0 bridgehead atoms. The molecular weight excluding hydrogens is 330 g/mol. The van der Waals surface area contributed by atoms with E-state index < -0.39 is 6.10 Å². The average molecular weight is 349 g/mol. The van der Waals surface area contributed by atoms with Crippen molar-refractivity contribution in [2.24, 2.45) is 0 Å². The molecule has 0 unspecified atom stereocenters. The fourth-order valence-electron chi connectivity index (χ4n) is 2.92. The van der Waals surface area contributed by atoms with Crippen LogP contribution in [0.15, 0.2) is 42.5 Å². The normalized spacial score (nSPS) is 13.5. The van der Waals surface area contributed by atoms with Gasteiger partial charge in [-0.25, -0.2) is 0 Å². The molecule has 1 aliphatic rings. The Bertz CT molecular complexity index is 884. The Morgan fingerprint density at radius 3 is 2.62 bits per heavy atom. The fourth-order valence-corrected chi connectivity index (χ4v) is 2.92. The molecule has 1 atom stereocenters. The summed E-state index contributed by atoms with van der Waals surface area (Å²) >= 11 is 0. The maximum atomic E-state index is 12.4. The Hall–Kier alpha value is -3.33. The van der Waals surface area contributed by atoms with Crippen LogP contribution in [0, 0.1) is 11.3 Å². The van der Waals surface area contributed by atoms with Gasteiger partial charge in [0.2, 0.25) is 5.91 Å². The molecule has 2 aromatic rings. The predicted molar refractivity (Wildman–Crippen MR) is 98.0 cm³/mol. The lowest BCUT2D eigenvalue weighted by Crippen LogP contribution is -2.30. The number of hydrogen-bond donors (Lipinski definition) is 1. The van der Waals surface area contributed by atoms with Crippen LogP contribution in [0.1, 0.15) is 25.0 Å². The first-order chi connectivity index (χ1) is 12.5. The molecule has 1 N–H and O–H groups in total.